The van der Waals surface area contributed by atoms with Crippen molar-refractivity contribution in [1.29, 1.82) is 0 Å². The van der Waals surface area contributed by atoms with E-state index in [-0.39, 0.29) is 12.5 Å². The number of rotatable bonds is 9. The molecular weight excluding hydrogens is 478 g/mol. The van der Waals surface area contributed by atoms with Crippen molar-refractivity contribution in [3.05, 3.63) is 65.9 Å². The first-order valence-electron chi connectivity index (χ1n) is 13.8. The number of nitrogens with zero attached hydrogens (tertiary/aromatic N) is 2. The first-order valence-corrected chi connectivity index (χ1v) is 13.8. The second-order valence-electron chi connectivity index (χ2n) is 10.4. The van der Waals surface area contributed by atoms with Crippen LogP contribution in [-0.4, -0.2) is 78.2 Å². The molecule has 2 heterocycles. The Kier molecular flexibility index (Phi) is 8.51. The Hall–Kier alpha value is -3.49. The number of para-hydroxylation sites is 2. The molecule has 0 radical (unpaired) electrons. The zero-order valence-electron chi connectivity index (χ0n) is 21.9. The fraction of sp³-hybridized carbons (Fsp3) is 0.433. The van der Waals surface area contributed by atoms with Gasteiger partial charge < -0.3 is 20.5 Å². The standard InChI is InChI=1S/C30H37N5O3/c36-28(33-27-13-7-4-10-23(27)22-8-2-1-3-9-22)21-35(19-18-34-16-14-31-15-17-34)30(38)29(37)25-20-32-26-12-6-5-11-24(25)26/h4-7,10-13,20,22,31-32H,1-3,8-9,14-19,21H2,(H,33,36). The van der Waals surface area contributed by atoms with Crippen molar-refractivity contribution in [1.82, 2.24) is 20.1 Å². The summed E-state index contributed by atoms with van der Waals surface area (Å²) >= 11 is 0. The van der Waals surface area contributed by atoms with Crippen LogP contribution in [0.5, 0.6) is 0 Å². The van der Waals surface area contributed by atoms with Crippen LogP contribution >= 0.6 is 0 Å². The van der Waals surface area contributed by atoms with Gasteiger partial charge in [0.1, 0.15) is 6.54 Å². The van der Waals surface area contributed by atoms with E-state index in [2.05, 4.69) is 26.6 Å². The second-order valence-corrected chi connectivity index (χ2v) is 10.4. The van der Waals surface area contributed by atoms with Crippen LogP contribution in [0.3, 0.4) is 0 Å². The minimum Gasteiger partial charge on any atom is -0.360 e. The maximum atomic E-state index is 13.5. The highest BCUT2D eigenvalue weighted by molar-refractivity contribution is 6.45. The summed E-state index contributed by atoms with van der Waals surface area (Å²) < 4.78 is 0. The molecule has 0 spiro atoms. The number of aromatic amines is 1. The molecule has 2 amide bonds. The Balaban J connectivity index is 1.32. The van der Waals surface area contributed by atoms with Crippen LogP contribution in [0, 0.1) is 0 Å². The largest absolute Gasteiger partial charge is 0.360 e. The van der Waals surface area contributed by atoms with Crippen LogP contribution < -0.4 is 10.6 Å². The first kappa shape index (κ1) is 26.1. The second kappa shape index (κ2) is 12.4. The number of carbonyl (C=O) groups excluding carboxylic acids is 3. The Labute approximate surface area is 223 Å². The number of hydrogen-bond donors (Lipinski definition) is 3. The van der Waals surface area contributed by atoms with Gasteiger partial charge in [-0.2, -0.15) is 0 Å². The maximum absolute atomic E-state index is 13.5. The molecule has 5 rings (SSSR count). The van der Waals surface area contributed by atoms with Crippen molar-refractivity contribution in [2.24, 2.45) is 0 Å². The van der Waals surface area contributed by atoms with Gasteiger partial charge in [0, 0.05) is 62.1 Å². The van der Waals surface area contributed by atoms with Crippen LogP contribution in [0.2, 0.25) is 0 Å². The zero-order valence-corrected chi connectivity index (χ0v) is 21.9. The highest BCUT2D eigenvalue weighted by Gasteiger charge is 2.28. The number of carbonyl (C=O) groups is 3. The van der Waals surface area contributed by atoms with Crippen LogP contribution in [-0.2, 0) is 9.59 Å². The summed E-state index contributed by atoms with van der Waals surface area (Å²) in [6.07, 6.45) is 7.51. The van der Waals surface area contributed by atoms with Gasteiger partial charge >= 0.3 is 0 Å². The van der Waals surface area contributed by atoms with E-state index < -0.39 is 11.7 Å². The number of anilines is 1. The molecule has 0 unspecified atom stereocenters. The summed E-state index contributed by atoms with van der Waals surface area (Å²) in [6, 6.07) is 15.4. The van der Waals surface area contributed by atoms with Crippen LogP contribution in [0.4, 0.5) is 5.69 Å². The van der Waals surface area contributed by atoms with Gasteiger partial charge in [0.05, 0.1) is 5.56 Å². The van der Waals surface area contributed by atoms with Crippen molar-refractivity contribution >= 4 is 34.2 Å². The maximum Gasteiger partial charge on any atom is 0.295 e. The fourth-order valence-corrected chi connectivity index (χ4v) is 5.71. The topological polar surface area (TPSA) is 97.5 Å². The van der Waals surface area contributed by atoms with Gasteiger partial charge in [-0.25, -0.2) is 0 Å². The van der Waals surface area contributed by atoms with Crippen LogP contribution in [0.25, 0.3) is 10.9 Å². The number of nitrogens with one attached hydrogen (secondary N) is 3. The quantitative estimate of drug-likeness (QED) is 0.298. The SMILES string of the molecule is O=C(CN(CCN1CCNCC1)C(=O)C(=O)c1c[nH]c2ccccc12)Nc1ccccc1C1CCCCC1. The molecule has 1 saturated heterocycles. The molecule has 0 atom stereocenters. The van der Waals surface area contributed by atoms with Gasteiger partial charge in [0.25, 0.3) is 11.7 Å². The predicted octanol–water partition coefficient (Wildman–Crippen LogP) is 3.77. The molecule has 3 aromatic rings. The molecular formula is C30H37N5O3. The molecule has 2 aromatic carbocycles. The molecule has 1 aromatic heterocycles. The number of H-pyrrole nitrogens is 1. The number of aromatic nitrogens is 1. The average molecular weight is 516 g/mol. The Bertz CT molecular complexity index is 1270. The lowest BCUT2D eigenvalue weighted by atomic mass is 9.83. The molecule has 3 N–H and O–H groups in total. The molecule has 1 saturated carbocycles. The number of Topliss-reactive ketones (excluding diaryl/α,β-unsaturated/α-hetero) is 1. The van der Waals surface area contributed by atoms with Crippen molar-refractivity contribution in [2.45, 2.75) is 38.0 Å². The lowest BCUT2D eigenvalue weighted by molar-refractivity contribution is -0.131. The smallest absolute Gasteiger partial charge is 0.295 e. The minimum atomic E-state index is -0.652. The van der Waals surface area contributed by atoms with E-state index in [1.165, 1.54) is 24.2 Å². The fourth-order valence-electron chi connectivity index (χ4n) is 5.71. The van der Waals surface area contributed by atoms with E-state index in [0.717, 1.165) is 55.8 Å². The molecule has 1 aliphatic carbocycles. The van der Waals surface area contributed by atoms with Gasteiger partial charge in [-0.1, -0.05) is 55.7 Å². The number of piperazine rings is 1. The molecule has 1 aliphatic heterocycles. The first-order chi connectivity index (χ1) is 18.6. The third-order valence-corrected chi connectivity index (χ3v) is 7.83. The minimum absolute atomic E-state index is 0.169. The van der Waals surface area contributed by atoms with E-state index >= 15 is 0 Å². The summed E-state index contributed by atoms with van der Waals surface area (Å²) in [5.41, 5.74) is 3.10. The summed E-state index contributed by atoms with van der Waals surface area (Å²) in [5.74, 6) is -1.10. The molecule has 0 bridgehead atoms. The van der Waals surface area contributed by atoms with Gasteiger partial charge in [-0.15, -0.1) is 0 Å². The molecule has 2 fully saturated rings. The van der Waals surface area contributed by atoms with Gasteiger partial charge in [-0.3, -0.25) is 19.3 Å². The Morgan fingerprint density at radius 2 is 1.68 bits per heavy atom. The summed E-state index contributed by atoms with van der Waals surface area (Å²) in [4.78, 5) is 46.9. The Morgan fingerprint density at radius 1 is 0.947 bits per heavy atom. The van der Waals surface area contributed by atoms with Crippen LogP contribution in [0.1, 0.15) is 53.9 Å². The normalized spacial score (nSPS) is 16.8. The molecule has 8 nitrogen and oxygen atoms in total. The van der Waals surface area contributed by atoms with Gasteiger partial charge in [-0.05, 0) is 36.5 Å². The number of benzene rings is 2. The molecule has 200 valence electrons. The van der Waals surface area contributed by atoms with Crippen molar-refractivity contribution < 1.29 is 14.4 Å². The lowest BCUT2D eigenvalue weighted by Gasteiger charge is -2.30. The van der Waals surface area contributed by atoms with Crippen molar-refractivity contribution in [2.75, 3.05) is 51.1 Å². The van der Waals surface area contributed by atoms with Gasteiger partial charge in [0.2, 0.25) is 5.91 Å². The van der Waals surface area contributed by atoms with Gasteiger partial charge in [0.15, 0.2) is 0 Å². The third kappa shape index (κ3) is 6.14. The summed E-state index contributed by atoms with van der Waals surface area (Å²) in [6.45, 7) is 4.28. The molecule has 2 aliphatic rings. The monoisotopic (exact) mass is 515 g/mol. The van der Waals surface area contributed by atoms with E-state index in [4.69, 9.17) is 0 Å². The summed E-state index contributed by atoms with van der Waals surface area (Å²) in [5, 5.41) is 7.09. The average Bonchev–Trinajstić information content (AvgIpc) is 3.40. The molecule has 8 heteroatoms. The number of hydrogen-bond acceptors (Lipinski definition) is 5. The van der Waals surface area contributed by atoms with E-state index in [9.17, 15) is 14.4 Å². The molecule has 38 heavy (non-hydrogen) atoms. The lowest BCUT2D eigenvalue weighted by Crippen LogP contribution is -2.49. The van der Waals surface area contributed by atoms with E-state index in [1.807, 2.05) is 42.5 Å². The van der Waals surface area contributed by atoms with Crippen molar-refractivity contribution in [3.8, 4) is 0 Å². The Morgan fingerprint density at radius 3 is 2.50 bits per heavy atom. The van der Waals surface area contributed by atoms with E-state index in [0.29, 0.717) is 30.0 Å². The number of amides is 2. The zero-order chi connectivity index (χ0) is 26.3. The highest BCUT2D eigenvalue weighted by atomic mass is 16.2. The highest BCUT2D eigenvalue weighted by Crippen LogP contribution is 2.36. The third-order valence-electron chi connectivity index (χ3n) is 7.83. The predicted molar refractivity (Wildman–Crippen MR) is 149 cm³/mol. The number of ketones is 1. The van der Waals surface area contributed by atoms with Crippen LogP contribution in [0.15, 0.2) is 54.7 Å². The van der Waals surface area contributed by atoms with Crippen molar-refractivity contribution in [3.63, 3.8) is 0 Å². The summed E-state index contributed by atoms with van der Waals surface area (Å²) in [7, 11) is 0. The number of fused-ring (bicyclic) bond motifs is 1. The van der Waals surface area contributed by atoms with E-state index in [1.54, 1.807) is 6.20 Å².